The van der Waals surface area contributed by atoms with Crippen molar-refractivity contribution in [2.24, 2.45) is 7.05 Å². The van der Waals surface area contributed by atoms with Crippen molar-refractivity contribution in [2.75, 3.05) is 0 Å². The molecule has 19 heavy (non-hydrogen) atoms. The normalized spacial score (nSPS) is 11.7. The number of imidazole rings is 1. The maximum absolute atomic E-state index is 12.0. The molecule has 2 rings (SSSR count). The van der Waals surface area contributed by atoms with Crippen LogP contribution >= 0.6 is 11.6 Å². The molecule has 0 aliphatic heterocycles. The molecule has 5 nitrogen and oxygen atoms in total. The lowest BCUT2D eigenvalue weighted by Gasteiger charge is -2.05. The molecule has 0 aliphatic carbocycles. The lowest BCUT2D eigenvalue weighted by Crippen LogP contribution is -2.24. The van der Waals surface area contributed by atoms with Crippen LogP contribution in [0.1, 0.15) is 11.1 Å². The summed E-state index contributed by atoms with van der Waals surface area (Å²) < 4.78 is 28.0. The average molecular weight is 300 g/mol. The molecule has 0 aliphatic rings. The molecule has 0 amide bonds. The molecule has 0 unspecified atom stereocenters. The Hall–Kier alpha value is -1.37. The van der Waals surface area contributed by atoms with Crippen LogP contribution in [0.5, 0.6) is 0 Å². The molecule has 1 aromatic heterocycles. The third-order valence-electron chi connectivity index (χ3n) is 2.68. The SMILES string of the molecule is Cc1ccc(CNS(=O)(=O)c2ncn(C)c2Cl)cc1. The Morgan fingerprint density at radius 1 is 1.32 bits per heavy atom. The largest absolute Gasteiger partial charge is 0.324 e. The summed E-state index contributed by atoms with van der Waals surface area (Å²) in [4.78, 5) is 3.79. The van der Waals surface area contributed by atoms with Gasteiger partial charge in [-0.05, 0) is 12.5 Å². The number of hydrogen-bond acceptors (Lipinski definition) is 3. The van der Waals surface area contributed by atoms with Crippen LogP contribution in [0.3, 0.4) is 0 Å². The first-order valence-corrected chi connectivity index (χ1v) is 7.48. The number of nitrogens with zero attached hydrogens (tertiary/aromatic N) is 2. The van der Waals surface area contributed by atoms with E-state index in [9.17, 15) is 8.42 Å². The standard InChI is InChI=1S/C12H14ClN3O2S/c1-9-3-5-10(6-4-9)7-15-19(17,18)12-11(13)16(2)8-14-12/h3-6,8,15H,7H2,1-2H3. The number of rotatable bonds is 4. The van der Waals surface area contributed by atoms with Gasteiger partial charge in [0.05, 0.1) is 6.33 Å². The van der Waals surface area contributed by atoms with Gasteiger partial charge in [0.15, 0.2) is 0 Å². The van der Waals surface area contributed by atoms with Gasteiger partial charge in [0.2, 0.25) is 5.03 Å². The van der Waals surface area contributed by atoms with Gasteiger partial charge < -0.3 is 4.57 Å². The van der Waals surface area contributed by atoms with Gasteiger partial charge in [0.1, 0.15) is 5.15 Å². The van der Waals surface area contributed by atoms with Gasteiger partial charge in [-0.15, -0.1) is 0 Å². The van der Waals surface area contributed by atoms with Crippen molar-refractivity contribution < 1.29 is 8.42 Å². The lowest BCUT2D eigenvalue weighted by atomic mass is 10.2. The highest BCUT2D eigenvalue weighted by atomic mass is 35.5. The van der Waals surface area contributed by atoms with Gasteiger partial charge in [-0.1, -0.05) is 41.4 Å². The summed E-state index contributed by atoms with van der Waals surface area (Å²) in [6, 6.07) is 7.60. The Morgan fingerprint density at radius 2 is 1.95 bits per heavy atom. The Morgan fingerprint density at radius 3 is 2.47 bits per heavy atom. The molecule has 0 radical (unpaired) electrons. The van der Waals surface area contributed by atoms with Gasteiger partial charge in [0, 0.05) is 13.6 Å². The molecule has 1 N–H and O–H groups in total. The van der Waals surface area contributed by atoms with E-state index in [0.717, 1.165) is 11.1 Å². The Kier molecular flexibility index (Phi) is 3.93. The van der Waals surface area contributed by atoms with Crippen molar-refractivity contribution in [3.8, 4) is 0 Å². The van der Waals surface area contributed by atoms with Crippen LogP contribution in [0.2, 0.25) is 5.15 Å². The number of hydrogen-bond donors (Lipinski definition) is 1. The highest BCUT2D eigenvalue weighted by Gasteiger charge is 2.21. The van der Waals surface area contributed by atoms with Crippen LogP contribution < -0.4 is 4.72 Å². The summed E-state index contributed by atoms with van der Waals surface area (Å²) in [7, 11) is -2.06. The monoisotopic (exact) mass is 299 g/mol. The first-order chi connectivity index (χ1) is 8.90. The zero-order valence-electron chi connectivity index (χ0n) is 10.6. The molecule has 102 valence electrons. The van der Waals surface area contributed by atoms with E-state index in [0.29, 0.717) is 0 Å². The Bertz CT molecular complexity index is 678. The summed E-state index contributed by atoms with van der Waals surface area (Å²) in [6.07, 6.45) is 1.36. The fraction of sp³-hybridized carbons (Fsp3) is 0.250. The molecular formula is C12H14ClN3O2S. The smallest absolute Gasteiger partial charge is 0.261 e. The van der Waals surface area contributed by atoms with Crippen molar-refractivity contribution in [1.82, 2.24) is 14.3 Å². The lowest BCUT2D eigenvalue weighted by molar-refractivity contribution is 0.578. The van der Waals surface area contributed by atoms with Crippen LogP contribution in [-0.4, -0.2) is 18.0 Å². The highest BCUT2D eigenvalue weighted by Crippen LogP contribution is 2.18. The van der Waals surface area contributed by atoms with Crippen LogP contribution in [0, 0.1) is 6.92 Å². The minimum absolute atomic E-state index is 0.0939. The number of aryl methyl sites for hydroxylation is 2. The van der Waals surface area contributed by atoms with Gasteiger partial charge >= 0.3 is 0 Å². The maximum Gasteiger partial charge on any atom is 0.261 e. The van der Waals surface area contributed by atoms with E-state index in [2.05, 4.69) is 9.71 Å². The number of benzene rings is 1. The first kappa shape index (κ1) is 14.0. The zero-order valence-corrected chi connectivity index (χ0v) is 12.2. The molecule has 0 atom stereocenters. The number of nitrogens with one attached hydrogen (secondary N) is 1. The first-order valence-electron chi connectivity index (χ1n) is 5.62. The third-order valence-corrected chi connectivity index (χ3v) is 4.57. The molecule has 1 aromatic carbocycles. The second-order valence-electron chi connectivity index (χ2n) is 4.26. The van der Waals surface area contributed by atoms with E-state index in [1.807, 2.05) is 31.2 Å². The van der Waals surface area contributed by atoms with Crippen LogP contribution in [0.4, 0.5) is 0 Å². The van der Waals surface area contributed by atoms with Gasteiger partial charge in [-0.25, -0.2) is 18.1 Å². The summed E-state index contributed by atoms with van der Waals surface area (Å²) in [5.41, 5.74) is 2.00. The Labute approximate surface area is 117 Å². The van der Waals surface area contributed by atoms with E-state index < -0.39 is 10.0 Å². The minimum Gasteiger partial charge on any atom is -0.324 e. The maximum atomic E-state index is 12.0. The van der Waals surface area contributed by atoms with Gasteiger partial charge in [-0.2, -0.15) is 0 Å². The average Bonchev–Trinajstić information content (AvgIpc) is 2.70. The second-order valence-corrected chi connectivity index (χ2v) is 6.30. The summed E-state index contributed by atoms with van der Waals surface area (Å²) in [5, 5.41) is -0.0554. The minimum atomic E-state index is -3.69. The molecular weight excluding hydrogens is 286 g/mol. The van der Waals surface area contributed by atoms with Crippen molar-refractivity contribution >= 4 is 21.6 Å². The van der Waals surface area contributed by atoms with Crippen LogP contribution in [0.15, 0.2) is 35.6 Å². The summed E-state index contributed by atoms with van der Waals surface area (Å²) in [6.45, 7) is 2.18. The second kappa shape index (κ2) is 5.32. The summed E-state index contributed by atoms with van der Waals surface area (Å²) in [5.74, 6) is 0. The molecule has 7 heteroatoms. The van der Waals surface area contributed by atoms with Gasteiger partial charge in [0.25, 0.3) is 10.0 Å². The number of halogens is 1. The molecule has 0 saturated carbocycles. The van der Waals surface area contributed by atoms with Crippen LogP contribution in [0.25, 0.3) is 0 Å². The predicted octanol–water partition coefficient (Wildman–Crippen LogP) is 1.86. The Balaban J connectivity index is 2.14. The van der Waals surface area contributed by atoms with Crippen molar-refractivity contribution in [3.63, 3.8) is 0 Å². The molecule has 0 saturated heterocycles. The molecule has 2 aromatic rings. The third kappa shape index (κ3) is 3.15. The van der Waals surface area contributed by atoms with E-state index in [1.165, 1.54) is 10.9 Å². The fourth-order valence-electron chi connectivity index (χ4n) is 1.53. The zero-order chi connectivity index (χ0) is 14.0. The predicted molar refractivity (Wildman–Crippen MR) is 73.4 cm³/mol. The van der Waals surface area contributed by atoms with Crippen molar-refractivity contribution in [1.29, 1.82) is 0 Å². The van der Waals surface area contributed by atoms with Crippen molar-refractivity contribution in [2.45, 2.75) is 18.5 Å². The van der Waals surface area contributed by atoms with Crippen LogP contribution in [-0.2, 0) is 23.6 Å². The van der Waals surface area contributed by atoms with Gasteiger partial charge in [-0.3, -0.25) is 0 Å². The fourth-order valence-corrected chi connectivity index (χ4v) is 2.97. The quantitative estimate of drug-likeness (QED) is 0.937. The summed E-state index contributed by atoms with van der Waals surface area (Å²) >= 11 is 5.88. The molecule has 0 fully saturated rings. The molecule has 0 spiro atoms. The highest BCUT2D eigenvalue weighted by molar-refractivity contribution is 7.89. The number of aromatic nitrogens is 2. The van der Waals surface area contributed by atoms with E-state index >= 15 is 0 Å². The van der Waals surface area contributed by atoms with E-state index in [4.69, 9.17) is 11.6 Å². The molecule has 1 heterocycles. The van der Waals surface area contributed by atoms with E-state index in [1.54, 1.807) is 7.05 Å². The number of sulfonamides is 1. The van der Waals surface area contributed by atoms with E-state index in [-0.39, 0.29) is 16.7 Å². The van der Waals surface area contributed by atoms with Crippen molar-refractivity contribution in [3.05, 3.63) is 46.9 Å². The molecule has 0 bridgehead atoms. The topological polar surface area (TPSA) is 64.0 Å².